The maximum absolute atomic E-state index is 12.3. The topological polar surface area (TPSA) is 90.8 Å². The van der Waals surface area contributed by atoms with E-state index in [4.69, 9.17) is 11.6 Å². The van der Waals surface area contributed by atoms with E-state index in [1.54, 1.807) is 60.7 Å². The van der Waals surface area contributed by atoms with Crippen molar-refractivity contribution >= 4 is 67.2 Å². The summed E-state index contributed by atoms with van der Waals surface area (Å²) in [6.45, 7) is 0. The summed E-state index contributed by atoms with van der Waals surface area (Å²) in [7, 11) is 0. The number of hydrazone groups is 1. The molecule has 0 fully saturated rings. The number of rotatable bonds is 5. The second kappa shape index (κ2) is 9.88. The van der Waals surface area contributed by atoms with Gasteiger partial charge in [-0.3, -0.25) is 9.59 Å². The van der Waals surface area contributed by atoms with Crippen LogP contribution in [0, 0.1) is 0 Å². The van der Waals surface area contributed by atoms with E-state index in [0.29, 0.717) is 31.9 Å². The Kier molecular flexibility index (Phi) is 7.25. The zero-order chi connectivity index (χ0) is 21.7. The highest BCUT2D eigenvalue weighted by molar-refractivity contribution is 9.11. The molecule has 0 aliphatic heterocycles. The predicted octanol–water partition coefficient (Wildman–Crippen LogP) is 5.59. The maximum Gasteiger partial charge on any atom is 0.271 e. The van der Waals surface area contributed by atoms with Crippen LogP contribution in [0.25, 0.3) is 0 Å². The van der Waals surface area contributed by atoms with Gasteiger partial charge in [0.05, 0.1) is 21.3 Å². The SMILES string of the molecule is O=C(N/N=C\c1cc(Br)cc(Br)c1O)c1ccc(NC(=O)c2ccccc2Cl)cc1. The lowest BCUT2D eigenvalue weighted by Gasteiger charge is -2.07. The number of phenols is 1. The normalized spacial score (nSPS) is 10.8. The minimum atomic E-state index is -0.441. The Morgan fingerprint density at radius 2 is 1.70 bits per heavy atom. The third-order valence-corrected chi connectivity index (χ3v) is 5.34. The second-order valence-electron chi connectivity index (χ2n) is 6.04. The number of benzene rings is 3. The summed E-state index contributed by atoms with van der Waals surface area (Å²) in [6.07, 6.45) is 1.33. The molecule has 0 atom stereocenters. The number of carbonyl (C=O) groups excluding carboxylic acids is 2. The van der Waals surface area contributed by atoms with E-state index in [1.165, 1.54) is 6.21 Å². The quantitative estimate of drug-likeness (QED) is 0.285. The first kappa shape index (κ1) is 22.0. The van der Waals surface area contributed by atoms with Crippen molar-refractivity contribution in [1.82, 2.24) is 5.43 Å². The van der Waals surface area contributed by atoms with Gasteiger partial charge in [0, 0.05) is 21.3 Å². The molecule has 0 radical (unpaired) electrons. The monoisotopic (exact) mass is 549 g/mol. The molecule has 0 aliphatic carbocycles. The Morgan fingerprint density at radius 3 is 2.40 bits per heavy atom. The lowest BCUT2D eigenvalue weighted by Crippen LogP contribution is -2.18. The molecule has 0 aromatic heterocycles. The van der Waals surface area contributed by atoms with Crippen molar-refractivity contribution in [3.05, 3.63) is 91.3 Å². The molecule has 0 saturated carbocycles. The number of carbonyl (C=O) groups is 2. The smallest absolute Gasteiger partial charge is 0.271 e. The third kappa shape index (κ3) is 5.47. The predicted molar refractivity (Wildman–Crippen MR) is 124 cm³/mol. The largest absolute Gasteiger partial charge is 0.506 e. The minimum absolute atomic E-state index is 0.00909. The fraction of sp³-hybridized carbons (Fsp3) is 0. The molecule has 3 rings (SSSR count). The van der Waals surface area contributed by atoms with Crippen LogP contribution in [0.15, 0.2) is 74.7 Å². The first-order valence-corrected chi connectivity index (χ1v) is 10.5. The Hall–Kier alpha value is -2.68. The first-order valence-electron chi connectivity index (χ1n) is 8.52. The van der Waals surface area contributed by atoms with Crippen molar-refractivity contribution in [2.24, 2.45) is 5.10 Å². The van der Waals surface area contributed by atoms with Gasteiger partial charge in [0.2, 0.25) is 0 Å². The van der Waals surface area contributed by atoms with Crippen LogP contribution in [-0.4, -0.2) is 23.1 Å². The summed E-state index contributed by atoms with van der Waals surface area (Å²) in [5.74, 6) is -0.777. The van der Waals surface area contributed by atoms with E-state index in [0.717, 1.165) is 4.47 Å². The van der Waals surface area contributed by atoms with Gasteiger partial charge in [-0.2, -0.15) is 5.10 Å². The van der Waals surface area contributed by atoms with Crippen LogP contribution in [0.2, 0.25) is 5.02 Å². The fourth-order valence-corrected chi connectivity index (χ4v) is 3.94. The Balaban J connectivity index is 1.63. The summed E-state index contributed by atoms with van der Waals surface area (Å²) in [4.78, 5) is 24.5. The Morgan fingerprint density at radius 1 is 1.00 bits per heavy atom. The van der Waals surface area contributed by atoms with Gasteiger partial charge in [0.25, 0.3) is 11.8 Å². The molecule has 0 saturated heterocycles. The van der Waals surface area contributed by atoms with E-state index in [2.05, 4.69) is 47.7 Å². The standard InChI is InChI=1S/C21H14Br2ClN3O3/c22-14-9-13(19(28)17(23)10-14)11-25-27-20(29)12-5-7-15(8-6-12)26-21(30)16-3-1-2-4-18(16)24/h1-11,28H,(H,26,30)(H,27,29)/b25-11-. The van der Waals surface area contributed by atoms with Gasteiger partial charge >= 0.3 is 0 Å². The van der Waals surface area contributed by atoms with Crippen molar-refractivity contribution in [3.63, 3.8) is 0 Å². The van der Waals surface area contributed by atoms with Crippen LogP contribution in [0.1, 0.15) is 26.3 Å². The van der Waals surface area contributed by atoms with Gasteiger partial charge in [-0.1, -0.05) is 39.7 Å². The highest BCUT2D eigenvalue weighted by Crippen LogP contribution is 2.30. The molecule has 3 N–H and O–H groups in total. The van der Waals surface area contributed by atoms with E-state index in [-0.39, 0.29) is 11.7 Å². The summed E-state index contributed by atoms with van der Waals surface area (Å²) >= 11 is 12.6. The van der Waals surface area contributed by atoms with Crippen molar-refractivity contribution in [1.29, 1.82) is 0 Å². The molecule has 0 spiro atoms. The Labute approximate surface area is 194 Å². The molecular formula is C21H14Br2ClN3O3. The van der Waals surface area contributed by atoms with Crippen LogP contribution < -0.4 is 10.7 Å². The van der Waals surface area contributed by atoms with Crippen molar-refractivity contribution in [2.45, 2.75) is 0 Å². The molecule has 0 heterocycles. The number of halogens is 3. The minimum Gasteiger partial charge on any atom is -0.506 e. The maximum atomic E-state index is 12.3. The zero-order valence-corrected chi connectivity index (χ0v) is 19.1. The van der Waals surface area contributed by atoms with Gasteiger partial charge in [-0.25, -0.2) is 5.43 Å². The van der Waals surface area contributed by atoms with Crippen LogP contribution in [0.4, 0.5) is 5.69 Å². The number of nitrogens with zero attached hydrogens (tertiary/aromatic N) is 1. The number of hydrogen-bond donors (Lipinski definition) is 3. The average Bonchev–Trinajstić information content (AvgIpc) is 2.72. The van der Waals surface area contributed by atoms with Gasteiger partial charge in [-0.05, 0) is 64.5 Å². The van der Waals surface area contributed by atoms with Crippen molar-refractivity contribution < 1.29 is 14.7 Å². The van der Waals surface area contributed by atoms with Gasteiger partial charge in [0.15, 0.2) is 0 Å². The third-order valence-electron chi connectivity index (χ3n) is 3.95. The molecule has 152 valence electrons. The summed E-state index contributed by atoms with van der Waals surface area (Å²) in [6, 6.07) is 16.4. The molecule has 0 aliphatic rings. The van der Waals surface area contributed by atoms with Gasteiger partial charge in [-0.15, -0.1) is 0 Å². The highest BCUT2D eigenvalue weighted by atomic mass is 79.9. The van der Waals surface area contributed by atoms with E-state index in [9.17, 15) is 14.7 Å². The first-order chi connectivity index (χ1) is 14.3. The molecule has 0 unspecified atom stereocenters. The molecule has 30 heavy (non-hydrogen) atoms. The number of phenolic OH excluding ortho intramolecular Hbond substituents is 1. The van der Waals surface area contributed by atoms with Crippen molar-refractivity contribution in [2.75, 3.05) is 5.32 Å². The number of amides is 2. The number of aromatic hydroxyl groups is 1. The van der Waals surface area contributed by atoms with Gasteiger partial charge in [0.1, 0.15) is 5.75 Å². The van der Waals surface area contributed by atoms with Crippen LogP contribution in [0.5, 0.6) is 5.75 Å². The van der Waals surface area contributed by atoms with E-state index >= 15 is 0 Å². The second-order valence-corrected chi connectivity index (χ2v) is 8.21. The zero-order valence-electron chi connectivity index (χ0n) is 15.2. The van der Waals surface area contributed by atoms with Gasteiger partial charge < -0.3 is 10.4 Å². The molecule has 3 aromatic rings. The summed E-state index contributed by atoms with van der Waals surface area (Å²) < 4.78 is 1.24. The molecule has 6 nitrogen and oxygen atoms in total. The molecule has 3 aromatic carbocycles. The van der Waals surface area contributed by atoms with Crippen molar-refractivity contribution in [3.8, 4) is 5.75 Å². The van der Waals surface area contributed by atoms with E-state index in [1.807, 2.05) is 0 Å². The fourth-order valence-electron chi connectivity index (χ4n) is 2.46. The average molecular weight is 552 g/mol. The molecule has 9 heteroatoms. The number of anilines is 1. The molecule has 2 amide bonds. The lowest BCUT2D eigenvalue weighted by molar-refractivity contribution is 0.0954. The Bertz CT molecular complexity index is 1130. The van der Waals surface area contributed by atoms with Crippen LogP contribution in [-0.2, 0) is 0 Å². The van der Waals surface area contributed by atoms with Crippen LogP contribution in [0.3, 0.4) is 0 Å². The number of hydrogen-bond acceptors (Lipinski definition) is 4. The number of nitrogens with one attached hydrogen (secondary N) is 2. The summed E-state index contributed by atoms with van der Waals surface area (Å²) in [5, 5.41) is 16.9. The molecular weight excluding hydrogens is 538 g/mol. The highest BCUT2D eigenvalue weighted by Gasteiger charge is 2.11. The van der Waals surface area contributed by atoms with E-state index < -0.39 is 5.91 Å². The molecule has 0 bridgehead atoms. The lowest BCUT2D eigenvalue weighted by atomic mass is 10.1. The van der Waals surface area contributed by atoms with Crippen LogP contribution >= 0.6 is 43.5 Å². The summed E-state index contributed by atoms with van der Waals surface area (Å²) in [5.41, 5.74) is 4.04.